The normalized spacial score (nSPS) is 21.5. The highest BCUT2D eigenvalue weighted by molar-refractivity contribution is 5.80. The minimum absolute atomic E-state index is 0.137. The van der Waals surface area contributed by atoms with Crippen molar-refractivity contribution in [1.82, 2.24) is 14.9 Å². The van der Waals surface area contributed by atoms with Crippen LogP contribution < -0.4 is 4.74 Å². The lowest BCUT2D eigenvalue weighted by Crippen LogP contribution is -2.43. The Morgan fingerprint density at radius 2 is 2.25 bits per heavy atom. The van der Waals surface area contributed by atoms with Crippen LogP contribution in [0.1, 0.15) is 41.5 Å². The molecular weight excluding hydrogens is 302 g/mol. The van der Waals surface area contributed by atoms with Crippen molar-refractivity contribution in [2.45, 2.75) is 44.7 Å². The number of hydrogen-bond acceptors (Lipinski definition) is 4. The molecular formula is C19H21N3O2. The first-order valence-corrected chi connectivity index (χ1v) is 8.42. The van der Waals surface area contributed by atoms with Crippen LogP contribution in [0.5, 0.6) is 5.75 Å². The molecule has 2 aliphatic heterocycles. The number of carbonyl (C=O) groups excluding carboxylic acids is 1. The number of aromatic nitrogens is 2. The van der Waals surface area contributed by atoms with E-state index in [1.54, 1.807) is 7.11 Å². The molecule has 2 aliphatic rings. The second-order valence-corrected chi connectivity index (χ2v) is 6.60. The number of hydrogen-bond donors (Lipinski definition) is 0. The summed E-state index contributed by atoms with van der Waals surface area (Å²) in [6.45, 7) is 1.92. The van der Waals surface area contributed by atoms with E-state index >= 15 is 0 Å². The van der Waals surface area contributed by atoms with E-state index in [0.29, 0.717) is 6.42 Å². The smallest absolute Gasteiger partial charge is 0.227 e. The number of methoxy groups -OCH3 is 1. The molecule has 5 heteroatoms. The first kappa shape index (κ1) is 15.1. The molecule has 2 aromatic rings. The van der Waals surface area contributed by atoms with Gasteiger partial charge in [-0.15, -0.1) is 0 Å². The Morgan fingerprint density at radius 3 is 3.08 bits per heavy atom. The van der Waals surface area contributed by atoms with Crippen LogP contribution in [0.4, 0.5) is 0 Å². The molecule has 1 aromatic carbocycles. The van der Waals surface area contributed by atoms with Gasteiger partial charge in [-0.1, -0.05) is 12.1 Å². The van der Waals surface area contributed by atoms with Crippen molar-refractivity contribution in [3.63, 3.8) is 0 Å². The van der Waals surface area contributed by atoms with E-state index in [0.717, 1.165) is 47.7 Å². The van der Waals surface area contributed by atoms with E-state index in [4.69, 9.17) is 4.74 Å². The molecule has 0 radical (unpaired) electrons. The van der Waals surface area contributed by atoms with E-state index in [1.165, 1.54) is 0 Å². The Labute approximate surface area is 141 Å². The summed E-state index contributed by atoms with van der Waals surface area (Å²) in [4.78, 5) is 24.0. The number of benzene rings is 1. The highest BCUT2D eigenvalue weighted by Gasteiger charge is 2.43. The quantitative estimate of drug-likeness (QED) is 0.871. The number of amides is 1. The molecule has 2 bridgehead atoms. The first-order valence-electron chi connectivity index (χ1n) is 8.42. The summed E-state index contributed by atoms with van der Waals surface area (Å²) >= 11 is 0. The molecule has 0 saturated carbocycles. The van der Waals surface area contributed by atoms with Gasteiger partial charge in [0.05, 0.1) is 25.3 Å². The Bertz CT molecular complexity index is 790. The fourth-order valence-corrected chi connectivity index (χ4v) is 4.01. The van der Waals surface area contributed by atoms with Crippen LogP contribution in [0.2, 0.25) is 0 Å². The average molecular weight is 323 g/mol. The number of rotatable bonds is 3. The van der Waals surface area contributed by atoms with Gasteiger partial charge < -0.3 is 9.64 Å². The highest BCUT2D eigenvalue weighted by atomic mass is 16.5. The second kappa shape index (κ2) is 5.89. The Balaban J connectivity index is 1.58. The summed E-state index contributed by atoms with van der Waals surface area (Å²) in [5, 5.41) is 0. The predicted molar refractivity (Wildman–Crippen MR) is 89.8 cm³/mol. The SMILES string of the molecule is COc1cccc(CC(=O)N2C3CCC2c2cnc(C)nc2C3)c1. The van der Waals surface area contributed by atoms with Crippen LogP contribution in [-0.2, 0) is 17.6 Å². The van der Waals surface area contributed by atoms with Gasteiger partial charge in [0.2, 0.25) is 5.91 Å². The van der Waals surface area contributed by atoms with Crippen molar-refractivity contribution < 1.29 is 9.53 Å². The summed E-state index contributed by atoms with van der Waals surface area (Å²) < 4.78 is 5.25. The minimum atomic E-state index is 0.137. The molecule has 1 amide bonds. The zero-order valence-electron chi connectivity index (χ0n) is 14.0. The summed E-state index contributed by atoms with van der Waals surface area (Å²) in [7, 11) is 1.64. The molecule has 24 heavy (non-hydrogen) atoms. The monoisotopic (exact) mass is 323 g/mol. The van der Waals surface area contributed by atoms with Gasteiger partial charge in [-0.2, -0.15) is 0 Å². The van der Waals surface area contributed by atoms with Gasteiger partial charge in [0, 0.05) is 24.2 Å². The summed E-state index contributed by atoms with van der Waals surface area (Å²) in [6.07, 6.45) is 5.22. The zero-order valence-corrected chi connectivity index (χ0v) is 14.0. The molecule has 1 saturated heterocycles. The number of carbonyl (C=O) groups is 1. The van der Waals surface area contributed by atoms with Gasteiger partial charge >= 0.3 is 0 Å². The van der Waals surface area contributed by atoms with Crippen LogP contribution in [0.3, 0.4) is 0 Å². The molecule has 1 aromatic heterocycles. The highest BCUT2D eigenvalue weighted by Crippen LogP contribution is 2.43. The van der Waals surface area contributed by atoms with Gasteiger partial charge in [0.25, 0.3) is 0 Å². The lowest BCUT2D eigenvalue weighted by Gasteiger charge is -2.35. The molecule has 4 rings (SSSR count). The van der Waals surface area contributed by atoms with Crippen LogP contribution >= 0.6 is 0 Å². The molecule has 2 unspecified atom stereocenters. The number of aryl methyl sites for hydroxylation is 1. The van der Waals surface area contributed by atoms with E-state index in [-0.39, 0.29) is 18.0 Å². The first-order chi connectivity index (χ1) is 11.7. The maximum Gasteiger partial charge on any atom is 0.227 e. The number of nitrogens with zero attached hydrogens (tertiary/aromatic N) is 3. The second-order valence-electron chi connectivity index (χ2n) is 6.60. The van der Waals surface area contributed by atoms with Crippen molar-refractivity contribution in [3.8, 4) is 5.75 Å². The third-order valence-corrected chi connectivity index (χ3v) is 5.09. The summed E-state index contributed by atoms with van der Waals surface area (Å²) in [6, 6.07) is 8.15. The van der Waals surface area contributed by atoms with E-state index < -0.39 is 0 Å². The topological polar surface area (TPSA) is 55.3 Å². The van der Waals surface area contributed by atoms with E-state index in [1.807, 2.05) is 37.4 Å². The van der Waals surface area contributed by atoms with Crippen molar-refractivity contribution in [3.05, 3.63) is 53.1 Å². The molecule has 2 atom stereocenters. The maximum absolute atomic E-state index is 12.9. The summed E-state index contributed by atoms with van der Waals surface area (Å²) in [5.74, 6) is 1.78. The van der Waals surface area contributed by atoms with Gasteiger partial charge in [0.15, 0.2) is 0 Å². The van der Waals surface area contributed by atoms with Gasteiger partial charge in [-0.25, -0.2) is 9.97 Å². The molecule has 3 heterocycles. The number of fused-ring (bicyclic) bond motifs is 4. The van der Waals surface area contributed by atoms with Crippen molar-refractivity contribution in [1.29, 1.82) is 0 Å². The molecule has 5 nitrogen and oxygen atoms in total. The predicted octanol–water partition coefficient (Wildman–Crippen LogP) is 2.62. The summed E-state index contributed by atoms with van der Waals surface area (Å²) in [5.41, 5.74) is 3.25. The molecule has 124 valence electrons. The van der Waals surface area contributed by atoms with Gasteiger partial charge in [-0.05, 0) is 37.5 Å². The molecule has 0 spiro atoms. The Kier molecular flexibility index (Phi) is 3.71. The fraction of sp³-hybridized carbons (Fsp3) is 0.421. The van der Waals surface area contributed by atoms with E-state index in [2.05, 4.69) is 14.9 Å². The lowest BCUT2D eigenvalue weighted by atomic mass is 9.98. The largest absolute Gasteiger partial charge is 0.497 e. The Morgan fingerprint density at radius 1 is 1.38 bits per heavy atom. The van der Waals surface area contributed by atoms with Crippen LogP contribution in [0.25, 0.3) is 0 Å². The molecule has 0 N–H and O–H groups in total. The standard InChI is InChI=1S/C19H21N3O2/c1-12-20-11-16-17(21-12)10-14-6-7-18(16)22(14)19(23)9-13-4-3-5-15(8-13)24-2/h3-5,8,11,14,18H,6-7,9-10H2,1-2H3. The maximum atomic E-state index is 12.9. The van der Waals surface area contributed by atoms with Gasteiger partial charge in [0.1, 0.15) is 11.6 Å². The van der Waals surface area contributed by atoms with Gasteiger partial charge in [-0.3, -0.25) is 4.79 Å². The van der Waals surface area contributed by atoms with Crippen LogP contribution in [0.15, 0.2) is 30.5 Å². The van der Waals surface area contributed by atoms with Crippen LogP contribution in [0, 0.1) is 6.92 Å². The lowest BCUT2D eigenvalue weighted by molar-refractivity contribution is -0.134. The van der Waals surface area contributed by atoms with Crippen LogP contribution in [-0.4, -0.2) is 33.9 Å². The average Bonchev–Trinajstić information content (AvgIpc) is 2.90. The fourth-order valence-electron chi connectivity index (χ4n) is 4.01. The van der Waals surface area contributed by atoms with E-state index in [9.17, 15) is 4.79 Å². The molecule has 0 aliphatic carbocycles. The van der Waals surface area contributed by atoms with Crippen molar-refractivity contribution >= 4 is 5.91 Å². The van der Waals surface area contributed by atoms with Crippen molar-refractivity contribution in [2.75, 3.05) is 7.11 Å². The minimum Gasteiger partial charge on any atom is -0.497 e. The number of ether oxygens (including phenoxy) is 1. The Hall–Kier alpha value is -2.43. The zero-order chi connectivity index (χ0) is 16.7. The van der Waals surface area contributed by atoms with Crippen molar-refractivity contribution in [2.24, 2.45) is 0 Å². The molecule has 1 fully saturated rings. The third kappa shape index (κ3) is 2.54. The third-order valence-electron chi connectivity index (χ3n) is 5.09.